The molecule has 0 aliphatic carbocycles. The molecule has 44 heavy (non-hydrogen) atoms. The number of carbonyl (C=O) groups excluding carboxylic acids is 2. The van der Waals surface area contributed by atoms with Gasteiger partial charge in [-0.1, -0.05) is 34.7 Å². The third-order valence-corrected chi connectivity index (χ3v) is 6.62. The maximum absolute atomic E-state index is 14.6. The van der Waals surface area contributed by atoms with Gasteiger partial charge < -0.3 is 15.4 Å². The molecule has 3 heterocycles. The molecule has 3 aromatic heterocycles. The van der Waals surface area contributed by atoms with E-state index in [2.05, 4.69) is 40.9 Å². The summed E-state index contributed by atoms with van der Waals surface area (Å²) in [5.74, 6) is -4.77. The molecule has 0 bridgehead atoms. The molecule has 1 unspecified atom stereocenters. The SMILES string of the molecule is CC(F)(F)c1cccc(CNC(=O)c2cn(CC(F)CCc3nnc(NC(=O)Cc4cccc(OC(F)(F)F)c4)s3)nn2)n1. The number of nitrogens with one attached hydrogen (secondary N) is 2. The van der Waals surface area contributed by atoms with E-state index in [0.717, 1.165) is 35.1 Å². The topological polar surface area (TPSA) is 137 Å². The molecule has 0 radical (unpaired) electrons. The fourth-order valence-electron chi connectivity index (χ4n) is 3.76. The molecule has 11 nitrogen and oxygen atoms in total. The van der Waals surface area contributed by atoms with Gasteiger partial charge in [0, 0.05) is 13.3 Å². The maximum Gasteiger partial charge on any atom is 0.573 e. The van der Waals surface area contributed by atoms with Gasteiger partial charge in [-0.2, -0.15) is 8.78 Å². The second-order valence-corrected chi connectivity index (χ2v) is 10.5. The van der Waals surface area contributed by atoms with Crippen LogP contribution in [0.1, 0.15) is 45.8 Å². The Labute approximate surface area is 249 Å². The van der Waals surface area contributed by atoms with E-state index >= 15 is 0 Å². The number of halogens is 6. The Morgan fingerprint density at radius 1 is 1.07 bits per heavy atom. The molecule has 18 heteroatoms. The van der Waals surface area contributed by atoms with Crippen molar-refractivity contribution in [3.8, 4) is 5.75 Å². The minimum atomic E-state index is -4.86. The fourth-order valence-corrected chi connectivity index (χ4v) is 4.53. The van der Waals surface area contributed by atoms with Crippen molar-refractivity contribution in [1.29, 1.82) is 0 Å². The minimum absolute atomic E-state index is 0.0139. The first-order valence-corrected chi connectivity index (χ1v) is 13.7. The third-order valence-electron chi connectivity index (χ3n) is 5.72. The van der Waals surface area contributed by atoms with Gasteiger partial charge in [0.1, 0.15) is 22.6 Å². The molecule has 0 aliphatic heterocycles. The highest BCUT2D eigenvalue weighted by molar-refractivity contribution is 7.15. The Bertz CT molecular complexity index is 1590. The highest BCUT2D eigenvalue weighted by Gasteiger charge is 2.31. The molecule has 4 aromatic rings. The van der Waals surface area contributed by atoms with Crippen molar-refractivity contribution >= 4 is 28.3 Å². The predicted molar refractivity (Wildman–Crippen MR) is 144 cm³/mol. The summed E-state index contributed by atoms with van der Waals surface area (Å²) in [7, 11) is 0. The van der Waals surface area contributed by atoms with Crippen LogP contribution in [0.5, 0.6) is 5.75 Å². The van der Waals surface area contributed by atoms with E-state index in [9.17, 15) is 35.9 Å². The van der Waals surface area contributed by atoms with Gasteiger partial charge in [-0.25, -0.2) is 14.1 Å². The van der Waals surface area contributed by atoms with Crippen molar-refractivity contribution < 1.29 is 40.7 Å². The summed E-state index contributed by atoms with van der Waals surface area (Å²) in [6.07, 6.45) is -5.06. The lowest BCUT2D eigenvalue weighted by atomic mass is 10.1. The normalized spacial score (nSPS) is 12.5. The van der Waals surface area contributed by atoms with Gasteiger partial charge in [0.2, 0.25) is 11.0 Å². The lowest BCUT2D eigenvalue weighted by molar-refractivity contribution is -0.274. The molecule has 0 saturated carbocycles. The third kappa shape index (κ3) is 9.99. The number of ether oxygens (including phenoxy) is 1. The molecule has 0 spiro atoms. The standard InChI is InChI=1S/C26H24F6N8O3S/c1-25(28,29)20-7-3-5-17(34-20)12-33-23(42)19-14-40(39-36-19)13-16(27)8-9-22-37-38-24(44-22)35-21(41)11-15-4-2-6-18(10-15)43-26(30,31)32/h2-7,10,14,16H,8-9,11-13H2,1H3,(H,33,42)(H,35,38,41). The van der Waals surface area contributed by atoms with Crippen molar-refractivity contribution in [2.24, 2.45) is 0 Å². The number of nitrogens with zero attached hydrogens (tertiary/aromatic N) is 6. The van der Waals surface area contributed by atoms with Gasteiger partial charge >= 0.3 is 6.36 Å². The van der Waals surface area contributed by atoms with E-state index in [-0.39, 0.29) is 54.4 Å². The Morgan fingerprint density at radius 3 is 2.59 bits per heavy atom. The Hall–Kier alpha value is -4.61. The molecule has 2 N–H and O–H groups in total. The van der Waals surface area contributed by atoms with Crippen molar-refractivity contribution in [2.45, 2.75) is 57.7 Å². The molecule has 0 aliphatic rings. The Morgan fingerprint density at radius 2 is 1.84 bits per heavy atom. The predicted octanol–water partition coefficient (Wildman–Crippen LogP) is 4.62. The number of aromatic nitrogens is 6. The number of aryl methyl sites for hydroxylation is 1. The van der Waals surface area contributed by atoms with Crippen molar-refractivity contribution in [3.05, 3.63) is 76.3 Å². The number of alkyl halides is 6. The van der Waals surface area contributed by atoms with Crippen LogP contribution < -0.4 is 15.4 Å². The smallest absolute Gasteiger partial charge is 0.406 e. The first kappa shape index (κ1) is 32.3. The highest BCUT2D eigenvalue weighted by atomic mass is 32.1. The summed E-state index contributed by atoms with van der Waals surface area (Å²) in [6.45, 7) is 0.375. The minimum Gasteiger partial charge on any atom is -0.406 e. The zero-order valence-corrected chi connectivity index (χ0v) is 23.6. The zero-order valence-electron chi connectivity index (χ0n) is 22.8. The Kier molecular flexibility index (Phi) is 10.1. The summed E-state index contributed by atoms with van der Waals surface area (Å²) < 4.78 is 83.8. The number of hydrogen-bond donors (Lipinski definition) is 2. The summed E-state index contributed by atoms with van der Waals surface area (Å²) in [6, 6.07) is 9.07. The number of hydrogen-bond acceptors (Lipinski definition) is 9. The number of benzene rings is 1. The van der Waals surface area contributed by atoms with E-state index in [1.54, 1.807) is 0 Å². The molecule has 0 saturated heterocycles. The van der Waals surface area contributed by atoms with E-state index in [0.29, 0.717) is 5.01 Å². The van der Waals surface area contributed by atoms with Crippen LogP contribution in [0, 0.1) is 0 Å². The van der Waals surface area contributed by atoms with Gasteiger partial charge in [0.15, 0.2) is 5.69 Å². The van der Waals surface area contributed by atoms with Crippen LogP contribution in [0.3, 0.4) is 0 Å². The summed E-state index contributed by atoms with van der Waals surface area (Å²) in [4.78, 5) is 28.5. The second kappa shape index (κ2) is 13.8. The van der Waals surface area contributed by atoms with Crippen LogP contribution in [0.15, 0.2) is 48.7 Å². The van der Waals surface area contributed by atoms with Crippen LogP contribution in [0.25, 0.3) is 0 Å². The lowest BCUT2D eigenvalue weighted by Crippen LogP contribution is -2.24. The van der Waals surface area contributed by atoms with E-state index < -0.39 is 41.7 Å². The van der Waals surface area contributed by atoms with Crippen molar-refractivity contribution in [1.82, 2.24) is 35.5 Å². The van der Waals surface area contributed by atoms with Gasteiger partial charge in [-0.05, 0) is 36.2 Å². The molecular formula is C26H24F6N8O3S. The molecule has 4 rings (SSSR count). The van der Waals surface area contributed by atoms with E-state index in [1.807, 2.05) is 0 Å². The summed E-state index contributed by atoms with van der Waals surface area (Å²) in [5.41, 5.74) is -0.0214. The largest absolute Gasteiger partial charge is 0.573 e. The molecular weight excluding hydrogens is 618 g/mol. The van der Waals surface area contributed by atoms with Gasteiger partial charge in [0.25, 0.3) is 11.8 Å². The highest BCUT2D eigenvalue weighted by Crippen LogP contribution is 2.25. The summed E-state index contributed by atoms with van der Waals surface area (Å²) in [5, 5.41) is 20.8. The summed E-state index contributed by atoms with van der Waals surface area (Å²) >= 11 is 1.02. The molecule has 1 atom stereocenters. The van der Waals surface area contributed by atoms with E-state index in [4.69, 9.17) is 0 Å². The molecule has 1 aromatic carbocycles. The monoisotopic (exact) mass is 642 g/mol. The van der Waals surface area contributed by atoms with Crippen molar-refractivity contribution in [2.75, 3.05) is 5.32 Å². The molecule has 2 amide bonds. The van der Waals surface area contributed by atoms with Crippen LogP contribution in [0.4, 0.5) is 31.5 Å². The average molecular weight is 643 g/mol. The number of anilines is 1. The van der Waals surface area contributed by atoms with Gasteiger partial charge in [-0.3, -0.25) is 9.59 Å². The zero-order chi connectivity index (χ0) is 31.9. The molecule has 0 fully saturated rings. The van der Waals surface area contributed by atoms with Gasteiger partial charge in [0.05, 0.1) is 31.4 Å². The van der Waals surface area contributed by atoms with Crippen LogP contribution in [-0.2, 0) is 36.6 Å². The first-order valence-electron chi connectivity index (χ1n) is 12.9. The number of carbonyl (C=O) groups is 2. The number of amides is 2. The first-order chi connectivity index (χ1) is 20.7. The van der Waals surface area contributed by atoms with Gasteiger partial charge in [-0.15, -0.1) is 28.5 Å². The lowest BCUT2D eigenvalue weighted by Gasteiger charge is -2.11. The van der Waals surface area contributed by atoms with Crippen LogP contribution in [-0.4, -0.2) is 54.5 Å². The second-order valence-electron chi connectivity index (χ2n) is 9.47. The average Bonchev–Trinajstić information content (AvgIpc) is 3.59. The molecule has 234 valence electrons. The maximum atomic E-state index is 14.6. The van der Waals surface area contributed by atoms with Crippen LogP contribution >= 0.6 is 11.3 Å². The van der Waals surface area contributed by atoms with Crippen molar-refractivity contribution in [3.63, 3.8) is 0 Å². The number of pyridine rings is 1. The van der Waals surface area contributed by atoms with E-state index in [1.165, 1.54) is 36.5 Å². The van der Waals surface area contributed by atoms with Crippen LogP contribution in [0.2, 0.25) is 0 Å². The Balaban J connectivity index is 1.20. The fraction of sp³-hybridized carbons (Fsp3) is 0.346. The quantitative estimate of drug-likeness (QED) is 0.202. The number of rotatable bonds is 13.